The Kier molecular flexibility index (Phi) is 4.85. The van der Waals surface area contributed by atoms with E-state index in [0.717, 1.165) is 17.9 Å². The van der Waals surface area contributed by atoms with E-state index in [1.165, 1.54) is 10.9 Å². The van der Waals surface area contributed by atoms with Crippen LogP contribution in [-0.2, 0) is 11.3 Å². The predicted molar refractivity (Wildman–Crippen MR) is 110 cm³/mol. The van der Waals surface area contributed by atoms with E-state index in [2.05, 4.69) is 45.2 Å². The molecule has 0 bridgehead atoms. The lowest BCUT2D eigenvalue weighted by atomic mass is 10.2. The highest BCUT2D eigenvalue weighted by Gasteiger charge is 2.17. The van der Waals surface area contributed by atoms with Gasteiger partial charge in [0.2, 0.25) is 0 Å². The zero-order valence-corrected chi connectivity index (χ0v) is 15.8. The van der Waals surface area contributed by atoms with E-state index >= 15 is 0 Å². The van der Waals surface area contributed by atoms with E-state index in [1.807, 2.05) is 48.5 Å². The van der Waals surface area contributed by atoms with Crippen LogP contribution in [0.2, 0.25) is 0 Å². The molecule has 142 valence electrons. The largest absolute Gasteiger partial charge is 0.481 e. The normalized spacial score (nSPS) is 12.1. The Morgan fingerprint density at radius 1 is 1.14 bits per heavy atom. The molecule has 2 aromatic heterocycles. The molecule has 1 atom stereocenters. The number of hydrogen-bond donors (Lipinski definition) is 2. The third kappa shape index (κ3) is 3.49. The number of carbonyl (C=O) groups is 1. The van der Waals surface area contributed by atoms with Gasteiger partial charge < -0.3 is 14.6 Å². The average molecular weight is 374 g/mol. The van der Waals surface area contributed by atoms with E-state index in [1.54, 1.807) is 6.92 Å². The molecule has 0 aliphatic carbocycles. The highest BCUT2D eigenvalue weighted by molar-refractivity contribution is 5.94. The number of amides is 1. The third-order valence-electron chi connectivity index (χ3n) is 4.66. The van der Waals surface area contributed by atoms with Crippen molar-refractivity contribution in [2.24, 2.45) is 0 Å². The molecule has 28 heavy (non-hydrogen) atoms. The van der Waals surface area contributed by atoms with Gasteiger partial charge in [-0.1, -0.05) is 36.4 Å². The van der Waals surface area contributed by atoms with Gasteiger partial charge in [-0.05, 0) is 38.1 Å². The van der Waals surface area contributed by atoms with Crippen LogP contribution >= 0.6 is 0 Å². The third-order valence-corrected chi connectivity index (χ3v) is 4.66. The summed E-state index contributed by atoms with van der Waals surface area (Å²) >= 11 is 0. The number of H-pyrrole nitrogens is 1. The van der Waals surface area contributed by atoms with Crippen molar-refractivity contribution in [3.63, 3.8) is 0 Å². The first kappa shape index (κ1) is 17.9. The Balaban J connectivity index is 1.51. The molecule has 4 aromatic rings. The summed E-state index contributed by atoms with van der Waals surface area (Å²) in [5.74, 6) is 0.870. The molecule has 2 aromatic carbocycles. The van der Waals surface area contributed by atoms with Crippen LogP contribution in [0.1, 0.15) is 13.8 Å². The molecule has 2 heterocycles. The number of nitrogens with one attached hydrogen (secondary N) is 2. The van der Waals surface area contributed by atoms with E-state index in [4.69, 9.17) is 4.74 Å². The minimum absolute atomic E-state index is 0.252. The van der Waals surface area contributed by atoms with E-state index in [-0.39, 0.29) is 5.91 Å². The molecule has 0 fully saturated rings. The summed E-state index contributed by atoms with van der Waals surface area (Å²) in [7, 11) is 0. The van der Waals surface area contributed by atoms with Crippen LogP contribution in [0.15, 0.2) is 66.7 Å². The minimum Gasteiger partial charge on any atom is -0.481 e. The Labute approximate surface area is 163 Å². The molecule has 2 N–H and O–H groups in total. The number of ether oxygens (including phenoxy) is 1. The number of benzene rings is 2. The number of fused-ring (bicyclic) bond motifs is 1. The van der Waals surface area contributed by atoms with Gasteiger partial charge in [-0.2, -0.15) is 5.10 Å². The molecule has 0 aliphatic rings. The number of carbonyl (C=O) groups excluding carboxylic acids is 1. The number of aromatic amines is 1. The van der Waals surface area contributed by atoms with Gasteiger partial charge >= 0.3 is 0 Å². The molecule has 0 spiro atoms. The zero-order chi connectivity index (χ0) is 19.5. The number of anilines is 1. The molecular weight excluding hydrogens is 352 g/mol. The van der Waals surface area contributed by atoms with Gasteiger partial charge in [0.1, 0.15) is 5.75 Å². The van der Waals surface area contributed by atoms with E-state index in [9.17, 15) is 4.79 Å². The molecular formula is C22H22N4O2. The Morgan fingerprint density at radius 2 is 1.89 bits per heavy atom. The summed E-state index contributed by atoms with van der Waals surface area (Å²) in [6, 6.07) is 21.5. The summed E-state index contributed by atoms with van der Waals surface area (Å²) in [6.45, 7) is 4.66. The lowest BCUT2D eigenvalue weighted by molar-refractivity contribution is -0.122. The van der Waals surface area contributed by atoms with Crippen LogP contribution in [0.4, 0.5) is 5.82 Å². The van der Waals surface area contributed by atoms with Crippen LogP contribution in [-0.4, -0.2) is 26.8 Å². The van der Waals surface area contributed by atoms with Gasteiger partial charge in [0, 0.05) is 23.5 Å². The van der Waals surface area contributed by atoms with Crippen molar-refractivity contribution in [2.75, 3.05) is 5.32 Å². The second kappa shape index (κ2) is 7.60. The predicted octanol–water partition coefficient (Wildman–Crippen LogP) is 4.46. The number of aryl methyl sites for hydroxylation is 1. The maximum Gasteiger partial charge on any atom is 0.266 e. The van der Waals surface area contributed by atoms with Gasteiger partial charge in [-0.25, -0.2) is 0 Å². The van der Waals surface area contributed by atoms with Gasteiger partial charge in [0.05, 0.1) is 11.4 Å². The van der Waals surface area contributed by atoms with Crippen molar-refractivity contribution in [3.05, 3.63) is 66.7 Å². The summed E-state index contributed by atoms with van der Waals surface area (Å²) in [5.41, 5.74) is 3.06. The molecule has 6 nitrogen and oxygen atoms in total. The molecule has 6 heteroatoms. The first-order chi connectivity index (χ1) is 13.7. The van der Waals surface area contributed by atoms with Crippen molar-refractivity contribution in [2.45, 2.75) is 26.5 Å². The number of nitrogens with zero attached hydrogens (tertiary/aromatic N) is 2. The standard InChI is InChI=1S/C22H22N4O2/c1-3-26-19-12-8-7-9-16(19)13-20(26)18-14-21(25-24-18)23-22(27)15(2)28-17-10-5-4-6-11-17/h4-15H,3H2,1-2H3,(H2,23,24,25,27)/t15-/m1/s1. The second-order valence-corrected chi connectivity index (χ2v) is 6.56. The molecule has 4 rings (SSSR count). The molecule has 0 unspecified atom stereocenters. The number of para-hydroxylation sites is 2. The van der Waals surface area contributed by atoms with Crippen LogP contribution in [0.25, 0.3) is 22.3 Å². The van der Waals surface area contributed by atoms with Gasteiger partial charge in [0.25, 0.3) is 5.91 Å². The highest BCUT2D eigenvalue weighted by Crippen LogP contribution is 2.28. The van der Waals surface area contributed by atoms with E-state index < -0.39 is 6.10 Å². The van der Waals surface area contributed by atoms with Crippen LogP contribution in [0.3, 0.4) is 0 Å². The fourth-order valence-electron chi connectivity index (χ4n) is 3.28. The Hall–Kier alpha value is -3.54. The maximum absolute atomic E-state index is 12.4. The van der Waals surface area contributed by atoms with Gasteiger partial charge in [-0.15, -0.1) is 0 Å². The highest BCUT2D eigenvalue weighted by atomic mass is 16.5. The van der Waals surface area contributed by atoms with Crippen LogP contribution < -0.4 is 10.1 Å². The fourth-order valence-corrected chi connectivity index (χ4v) is 3.28. The zero-order valence-electron chi connectivity index (χ0n) is 15.8. The summed E-state index contributed by atoms with van der Waals surface area (Å²) in [5, 5.41) is 11.2. The summed E-state index contributed by atoms with van der Waals surface area (Å²) in [6.07, 6.45) is -0.635. The maximum atomic E-state index is 12.4. The number of aromatic nitrogens is 3. The van der Waals surface area contributed by atoms with Gasteiger partial charge in [0.15, 0.2) is 11.9 Å². The topological polar surface area (TPSA) is 71.9 Å². The second-order valence-electron chi connectivity index (χ2n) is 6.56. The minimum atomic E-state index is -0.635. The number of rotatable bonds is 6. The van der Waals surface area contributed by atoms with Crippen molar-refractivity contribution in [1.29, 1.82) is 0 Å². The fraction of sp³-hybridized carbons (Fsp3) is 0.182. The van der Waals surface area contributed by atoms with Crippen molar-refractivity contribution in [1.82, 2.24) is 14.8 Å². The quantitative estimate of drug-likeness (QED) is 0.523. The lowest BCUT2D eigenvalue weighted by Gasteiger charge is -2.13. The Bertz CT molecular complexity index is 1100. The van der Waals surface area contributed by atoms with Crippen LogP contribution in [0, 0.1) is 0 Å². The SMILES string of the molecule is CCn1c(-c2cc(NC(=O)[C@@H](C)Oc3ccccc3)n[nH]2)cc2ccccc21. The molecule has 0 saturated carbocycles. The summed E-state index contributed by atoms with van der Waals surface area (Å²) < 4.78 is 7.88. The first-order valence-corrected chi connectivity index (χ1v) is 9.32. The molecule has 0 radical (unpaired) electrons. The Morgan fingerprint density at radius 3 is 2.68 bits per heavy atom. The molecule has 0 aliphatic heterocycles. The van der Waals surface area contributed by atoms with Crippen molar-refractivity contribution >= 4 is 22.6 Å². The van der Waals surface area contributed by atoms with Crippen LogP contribution in [0.5, 0.6) is 5.75 Å². The van der Waals surface area contributed by atoms with Crippen molar-refractivity contribution in [3.8, 4) is 17.1 Å². The first-order valence-electron chi connectivity index (χ1n) is 9.32. The lowest BCUT2D eigenvalue weighted by Crippen LogP contribution is -2.30. The molecule has 0 saturated heterocycles. The van der Waals surface area contributed by atoms with E-state index in [0.29, 0.717) is 11.6 Å². The van der Waals surface area contributed by atoms with Gasteiger partial charge in [-0.3, -0.25) is 9.89 Å². The smallest absolute Gasteiger partial charge is 0.266 e. The average Bonchev–Trinajstić information content (AvgIpc) is 3.32. The monoisotopic (exact) mass is 374 g/mol. The van der Waals surface area contributed by atoms with Crippen molar-refractivity contribution < 1.29 is 9.53 Å². The molecule has 1 amide bonds. The number of hydrogen-bond acceptors (Lipinski definition) is 3. The summed E-state index contributed by atoms with van der Waals surface area (Å²) in [4.78, 5) is 12.4.